The minimum atomic E-state index is -0.293. The monoisotopic (exact) mass is 567 g/mol. The summed E-state index contributed by atoms with van der Waals surface area (Å²) in [5, 5.41) is 0. The molecule has 238 valence electrons. The largest absolute Gasteiger partial charge is 0.462 e. The number of hydrogen-bond donors (Lipinski definition) is 0. The average Bonchev–Trinajstić information content (AvgIpc) is 2.95. The van der Waals surface area contributed by atoms with Gasteiger partial charge in [0, 0.05) is 12.8 Å². The van der Waals surface area contributed by atoms with Crippen LogP contribution in [0.5, 0.6) is 0 Å². The Morgan fingerprint density at radius 3 is 1.15 bits per heavy atom. The molecule has 0 spiro atoms. The second-order valence-electron chi connectivity index (χ2n) is 12.2. The van der Waals surface area contributed by atoms with Crippen molar-refractivity contribution in [2.75, 3.05) is 6.61 Å². The lowest BCUT2D eigenvalue weighted by atomic mass is 10.0. The summed E-state index contributed by atoms with van der Waals surface area (Å²) in [6, 6.07) is 0. The summed E-state index contributed by atoms with van der Waals surface area (Å²) in [5.41, 5.74) is 0. The highest BCUT2D eigenvalue weighted by atomic mass is 16.6. The van der Waals surface area contributed by atoms with E-state index in [2.05, 4.69) is 20.8 Å². The van der Waals surface area contributed by atoms with Crippen LogP contribution in [0.15, 0.2) is 0 Å². The second-order valence-corrected chi connectivity index (χ2v) is 12.2. The van der Waals surface area contributed by atoms with Crippen molar-refractivity contribution in [3.05, 3.63) is 0 Å². The van der Waals surface area contributed by atoms with Crippen molar-refractivity contribution >= 4 is 11.9 Å². The number of carbonyl (C=O) groups is 2. The van der Waals surface area contributed by atoms with Gasteiger partial charge in [-0.3, -0.25) is 9.59 Å². The molecule has 0 saturated carbocycles. The molecule has 4 nitrogen and oxygen atoms in total. The Hall–Kier alpha value is -1.06. The Balaban J connectivity index is 4.14. The van der Waals surface area contributed by atoms with E-state index >= 15 is 0 Å². The maximum atomic E-state index is 12.6. The molecule has 0 amide bonds. The lowest BCUT2D eigenvalue weighted by Gasteiger charge is -2.18. The Morgan fingerprint density at radius 2 is 0.750 bits per heavy atom. The molecule has 0 heterocycles. The normalized spacial score (nSPS) is 12.0. The summed E-state index contributed by atoms with van der Waals surface area (Å²) in [5.74, 6) is -0.269. The zero-order valence-electron chi connectivity index (χ0n) is 27.4. The maximum Gasteiger partial charge on any atom is 0.306 e. The summed E-state index contributed by atoms with van der Waals surface area (Å²) in [6.07, 6.45) is 33.8. The van der Waals surface area contributed by atoms with Crippen molar-refractivity contribution in [3.8, 4) is 0 Å². The molecular weight excluding hydrogens is 496 g/mol. The summed E-state index contributed by atoms with van der Waals surface area (Å²) in [4.78, 5) is 24.8. The van der Waals surface area contributed by atoms with Crippen LogP contribution in [-0.4, -0.2) is 24.6 Å². The SMILES string of the molecule is CCCCCCCCCCCCCC(=O)OC(CCCCCCCCCCCC)COC(=O)CCCCCCC. The first-order valence-corrected chi connectivity index (χ1v) is 18.0. The Morgan fingerprint density at radius 1 is 0.425 bits per heavy atom. The predicted molar refractivity (Wildman–Crippen MR) is 172 cm³/mol. The van der Waals surface area contributed by atoms with Crippen LogP contribution < -0.4 is 0 Å². The topological polar surface area (TPSA) is 52.6 Å². The Bertz CT molecular complexity index is 533. The molecule has 0 rings (SSSR count). The lowest BCUT2D eigenvalue weighted by Crippen LogP contribution is -2.25. The summed E-state index contributed by atoms with van der Waals surface area (Å²) in [7, 11) is 0. The third-order valence-corrected chi connectivity index (χ3v) is 8.08. The van der Waals surface area contributed by atoms with E-state index in [1.165, 1.54) is 128 Å². The minimum absolute atomic E-state index is 0.122. The second kappa shape index (κ2) is 32.5. The van der Waals surface area contributed by atoms with Gasteiger partial charge in [0.15, 0.2) is 0 Å². The van der Waals surface area contributed by atoms with E-state index in [-0.39, 0.29) is 24.6 Å². The Kier molecular flexibility index (Phi) is 31.6. The summed E-state index contributed by atoms with van der Waals surface area (Å²) < 4.78 is 11.4. The van der Waals surface area contributed by atoms with Gasteiger partial charge in [-0.05, 0) is 25.7 Å². The molecule has 0 aliphatic carbocycles. The molecule has 0 N–H and O–H groups in total. The molecule has 40 heavy (non-hydrogen) atoms. The van der Waals surface area contributed by atoms with Crippen molar-refractivity contribution in [1.29, 1.82) is 0 Å². The number of rotatable bonds is 32. The van der Waals surface area contributed by atoms with Gasteiger partial charge in [-0.15, -0.1) is 0 Å². The van der Waals surface area contributed by atoms with Crippen LogP contribution in [0.4, 0.5) is 0 Å². The average molecular weight is 567 g/mol. The van der Waals surface area contributed by atoms with Gasteiger partial charge in [0.2, 0.25) is 0 Å². The molecule has 0 fully saturated rings. The third-order valence-electron chi connectivity index (χ3n) is 8.08. The standard InChI is InChI=1S/C36H70O4/c1-4-7-10-13-15-17-19-21-23-26-29-32-36(38)40-34(33-39-35(37)31-28-24-12-9-6-3)30-27-25-22-20-18-16-14-11-8-5-2/h34H,4-33H2,1-3H3. The molecule has 0 aliphatic rings. The number of unbranched alkanes of at least 4 members (excludes halogenated alkanes) is 23. The van der Waals surface area contributed by atoms with Crippen LogP contribution in [0.1, 0.15) is 207 Å². The van der Waals surface area contributed by atoms with E-state index in [1.54, 1.807) is 0 Å². The lowest BCUT2D eigenvalue weighted by molar-refractivity contribution is -0.159. The van der Waals surface area contributed by atoms with E-state index in [0.717, 1.165) is 44.9 Å². The van der Waals surface area contributed by atoms with Crippen LogP contribution in [0.2, 0.25) is 0 Å². The molecule has 0 aromatic heterocycles. The van der Waals surface area contributed by atoms with Gasteiger partial charge < -0.3 is 9.47 Å². The minimum Gasteiger partial charge on any atom is -0.462 e. The molecule has 0 saturated heterocycles. The Labute approximate surface area is 250 Å². The number of carbonyl (C=O) groups excluding carboxylic acids is 2. The molecular formula is C36H70O4. The van der Waals surface area contributed by atoms with E-state index in [4.69, 9.17) is 9.47 Å². The van der Waals surface area contributed by atoms with Crippen molar-refractivity contribution in [3.63, 3.8) is 0 Å². The van der Waals surface area contributed by atoms with Gasteiger partial charge in [0.1, 0.15) is 12.7 Å². The van der Waals surface area contributed by atoms with Crippen molar-refractivity contribution in [2.45, 2.75) is 213 Å². The number of hydrogen-bond acceptors (Lipinski definition) is 4. The fourth-order valence-corrected chi connectivity index (χ4v) is 5.35. The van der Waals surface area contributed by atoms with Crippen molar-refractivity contribution < 1.29 is 19.1 Å². The number of ether oxygens (including phenoxy) is 2. The highest BCUT2D eigenvalue weighted by molar-refractivity contribution is 5.70. The molecule has 0 radical (unpaired) electrons. The molecule has 0 bridgehead atoms. The summed E-state index contributed by atoms with van der Waals surface area (Å²) in [6.45, 7) is 6.94. The first-order chi connectivity index (χ1) is 19.6. The molecule has 0 aromatic carbocycles. The van der Waals surface area contributed by atoms with Crippen LogP contribution >= 0.6 is 0 Å². The van der Waals surface area contributed by atoms with E-state index in [1.807, 2.05) is 0 Å². The zero-order valence-corrected chi connectivity index (χ0v) is 27.4. The molecule has 0 aliphatic heterocycles. The predicted octanol–water partition coefficient (Wildman–Crippen LogP) is 11.8. The number of esters is 2. The highest BCUT2D eigenvalue weighted by Gasteiger charge is 2.17. The third kappa shape index (κ3) is 29.9. The van der Waals surface area contributed by atoms with E-state index < -0.39 is 0 Å². The van der Waals surface area contributed by atoms with Crippen LogP contribution in [0, 0.1) is 0 Å². The first-order valence-electron chi connectivity index (χ1n) is 18.0. The van der Waals surface area contributed by atoms with Gasteiger partial charge in [0.05, 0.1) is 0 Å². The molecule has 1 unspecified atom stereocenters. The van der Waals surface area contributed by atoms with Gasteiger partial charge in [-0.1, -0.05) is 168 Å². The molecule has 4 heteroatoms. The van der Waals surface area contributed by atoms with Gasteiger partial charge >= 0.3 is 11.9 Å². The molecule has 0 aromatic rings. The molecule has 1 atom stereocenters. The van der Waals surface area contributed by atoms with Crippen molar-refractivity contribution in [2.24, 2.45) is 0 Å². The van der Waals surface area contributed by atoms with E-state index in [0.29, 0.717) is 12.8 Å². The highest BCUT2D eigenvalue weighted by Crippen LogP contribution is 2.16. The smallest absolute Gasteiger partial charge is 0.306 e. The maximum absolute atomic E-state index is 12.6. The van der Waals surface area contributed by atoms with Gasteiger partial charge in [0.25, 0.3) is 0 Å². The van der Waals surface area contributed by atoms with Gasteiger partial charge in [-0.2, -0.15) is 0 Å². The quantitative estimate of drug-likeness (QED) is 0.0600. The van der Waals surface area contributed by atoms with E-state index in [9.17, 15) is 9.59 Å². The van der Waals surface area contributed by atoms with Crippen LogP contribution in [0.25, 0.3) is 0 Å². The van der Waals surface area contributed by atoms with Gasteiger partial charge in [-0.25, -0.2) is 0 Å². The first kappa shape index (κ1) is 38.9. The van der Waals surface area contributed by atoms with Crippen LogP contribution in [0.3, 0.4) is 0 Å². The zero-order chi connectivity index (χ0) is 29.4. The van der Waals surface area contributed by atoms with Crippen LogP contribution in [-0.2, 0) is 19.1 Å². The fourth-order valence-electron chi connectivity index (χ4n) is 5.35. The summed E-state index contributed by atoms with van der Waals surface area (Å²) >= 11 is 0. The fraction of sp³-hybridized carbons (Fsp3) is 0.944. The van der Waals surface area contributed by atoms with Crippen molar-refractivity contribution in [1.82, 2.24) is 0 Å².